The van der Waals surface area contributed by atoms with Gasteiger partial charge >= 0.3 is 5.97 Å². The van der Waals surface area contributed by atoms with Crippen LogP contribution in [-0.2, 0) is 17.6 Å². The van der Waals surface area contributed by atoms with Crippen molar-refractivity contribution in [1.82, 2.24) is 4.98 Å². The molecule has 17 heavy (non-hydrogen) atoms. The lowest BCUT2D eigenvalue weighted by Gasteiger charge is -2.12. The molecule has 0 radical (unpaired) electrons. The number of aryl methyl sites for hydroxylation is 2. The van der Waals surface area contributed by atoms with Gasteiger partial charge in [-0.15, -0.1) is 0 Å². The molecule has 0 saturated carbocycles. The molecule has 0 atom stereocenters. The predicted octanol–water partition coefficient (Wildman–Crippen LogP) is 2.83. The molecule has 1 aliphatic carbocycles. The first-order valence-corrected chi connectivity index (χ1v) is 6.11. The third kappa shape index (κ3) is 1.54. The summed E-state index contributed by atoms with van der Waals surface area (Å²) < 4.78 is 5.09. The molecule has 3 nitrogen and oxygen atoms in total. The normalized spacial score (nSPS) is 13.9. The lowest BCUT2D eigenvalue weighted by molar-refractivity contribution is 0.0519. The summed E-state index contributed by atoms with van der Waals surface area (Å²) in [6.45, 7) is 2.25. The van der Waals surface area contributed by atoms with Gasteiger partial charge in [-0.3, -0.25) is 0 Å². The topological polar surface area (TPSA) is 42.1 Å². The number of esters is 1. The number of hydrogen-bond acceptors (Lipinski definition) is 2. The molecule has 3 rings (SSSR count). The highest BCUT2D eigenvalue weighted by molar-refractivity contribution is 6.00. The second kappa shape index (κ2) is 3.91. The Morgan fingerprint density at radius 1 is 1.41 bits per heavy atom. The highest BCUT2D eigenvalue weighted by Gasteiger charge is 2.22. The molecule has 1 heterocycles. The third-order valence-corrected chi connectivity index (χ3v) is 3.37. The van der Waals surface area contributed by atoms with Gasteiger partial charge in [0, 0.05) is 10.9 Å². The molecular weight excluding hydrogens is 214 g/mol. The van der Waals surface area contributed by atoms with Gasteiger partial charge in [-0.05, 0) is 43.4 Å². The van der Waals surface area contributed by atoms with Crippen LogP contribution in [0.3, 0.4) is 0 Å². The molecule has 1 N–H and O–H groups in total. The number of ether oxygens (including phenoxy) is 1. The van der Waals surface area contributed by atoms with E-state index < -0.39 is 0 Å². The van der Waals surface area contributed by atoms with Crippen molar-refractivity contribution in [2.45, 2.75) is 26.2 Å². The predicted molar refractivity (Wildman–Crippen MR) is 66.3 cm³/mol. The van der Waals surface area contributed by atoms with Crippen LogP contribution in [-0.4, -0.2) is 17.6 Å². The first-order valence-electron chi connectivity index (χ1n) is 6.11. The molecule has 0 amide bonds. The Bertz CT molecular complexity index is 583. The molecule has 0 fully saturated rings. The summed E-state index contributed by atoms with van der Waals surface area (Å²) in [5.41, 5.74) is 4.19. The molecule has 1 aliphatic rings. The summed E-state index contributed by atoms with van der Waals surface area (Å²) in [5, 5.41) is 1.24. The van der Waals surface area contributed by atoms with Gasteiger partial charge in [-0.2, -0.15) is 0 Å². The van der Waals surface area contributed by atoms with Crippen LogP contribution >= 0.6 is 0 Å². The summed E-state index contributed by atoms with van der Waals surface area (Å²) in [6, 6.07) is 6.21. The van der Waals surface area contributed by atoms with Crippen LogP contribution in [0.2, 0.25) is 0 Å². The fraction of sp³-hybridized carbons (Fsp3) is 0.357. The summed E-state index contributed by atoms with van der Waals surface area (Å²) in [5.74, 6) is -0.230. The number of aromatic nitrogens is 1. The van der Waals surface area contributed by atoms with E-state index in [-0.39, 0.29) is 5.97 Å². The van der Waals surface area contributed by atoms with Gasteiger partial charge in [0.15, 0.2) is 0 Å². The van der Waals surface area contributed by atoms with Crippen LogP contribution in [0.15, 0.2) is 18.2 Å². The van der Waals surface area contributed by atoms with E-state index in [9.17, 15) is 4.79 Å². The van der Waals surface area contributed by atoms with Gasteiger partial charge in [0.25, 0.3) is 0 Å². The number of carbonyl (C=O) groups excluding carboxylic acids is 1. The Hall–Kier alpha value is -1.77. The number of H-pyrrole nitrogens is 1. The molecule has 1 aromatic heterocycles. The van der Waals surface area contributed by atoms with E-state index in [1.165, 1.54) is 10.9 Å². The molecule has 3 heteroatoms. The summed E-state index contributed by atoms with van der Waals surface area (Å²) in [4.78, 5) is 15.1. The second-order valence-electron chi connectivity index (χ2n) is 4.39. The summed E-state index contributed by atoms with van der Waals surface area (Å²) >= 11 is 0. The summed E-state index contributed by atoms with van der Waals surface area (Å²) in [7, 11) is 0. The number of nitrogens with one attached hydrogen (secondary N) is 1. The highest BCUT2D eigenvalue weighted by atomic mass is 16.5. The van der Waals surface area contributed by atoms with Crippen molar-refractivity contribution < 1.29 is 9.53 Å². The SMILES string of the molecule is CCOC(=O)c1[nH]c2cccc3c2c1CCC3. The Kier molecular flexibility index (Phi) is 2.39. The lowest BCUT2D eigenvalue weighted by Crippen LogP contribution is -2.09. The number of carbonyl (C=O) groups is 1. The van der Waals surface area contributed by atoms with Gasteiger partial charge < -0.3 is 9.72 Å². The molecule has 0 bridgehead atoms. The maximum Gasteiger partial charge on any atom is 0.355 e. The van der Waals surface area contributed by atoms with E-state index >= 15 is 0 Å². The van der Waals surface area contributed by atoms with Crippen LogP contribution in [0.1, 0.15) is 35.0 Å². The standard InChI is InChI=1S/C14H15NO2/c1-2-17-14(16)13-10-7-3-5-9-6-4-8-11(15-13)12(9)10/h4,6,8,15H,2-3,5,7H2,1H3. The maximum atomic E-state index is 11.9. The van der Waals surface area contributed by atoms with Crippen molar-refractivity contribution in [3.05, 3.63) is 35.0 Å². The van der Waals surface area contributed by atoms with Crippen molar-refractivity contribution in [1.29, 1.82) is 0 Å². The average molecular weight is 229 g/mol. The van der Waals surface area contributed by atoms with Gasteiger partial charge in [0.1, 0.15) is 5.69 Å². The van der Waals surface area contributed by atoms with Crippen molar-refractivity contribution in [2.75, 3.05) is 6.61 Å². The lowest BCUT2D eigenvalue weighted by atomic mass is 9.92. The van der Waals surface area contributed by atoms with E-state index in [0.29, 0.717) is 12.3 Å². The summed E-state index contributed by atoms with van der Waals surface area (Å²) in [6.07, 6.45) is 3.17. The molecule has 2 aromatic rings. The Morgan fingerprint density at radius 3 is 3.12 bits per heavy atom. The van der Waals surface area contributed by atoms with Gasteiger partial charge in [0.05, 0.1) is 6.61 Å². The van der Waals surface area contributed by atoms with Gasteiger partial charge in [-0.25, -0.2) is 4.79 Å². The minimum absolute atomic E-state index is 0.230. The molecule has 88 valence electrons. The smallest absolute Gasteiger partial charge is 0.355 e. The second-order valence-corrected chi connectivity index (χ2v) is 4.39. The zero-order chi connectivity index (χ0) is 11.8. The first-order chi connectivity index (χ1) is 8.31. The number of aromatic amines is 1. The van der Waals surface area contributed by atoms with Gasteiger partial charge in [-0.1, -0.05) is 12.1 Å². The fourth-order valence-corrected chi connectivity index (χ4v) is 2.69. The van der Waals surface area contributed by atoms with Gasteiger partial charge in [0.2, 0.25) is 0 Å². The zero-order valence-corrected chi connectivity index (χ0v) is 9.88. The van der Waals surface area contributed by atoms with Crippen LogP contribution in [0.25, 0.3) is 10.9 Å². The molecule has 1 aromatic carbocycles. The minimum atomic E-state index is -0.230. The van der Waals surface area contributed by atoms with Crippen LogP contribution in [0, 0.1) is 0 Å². The van der Waals surface area contributed by atoms with Crippen molar-refractivity contribution >= 4 is 16.9 Å². The molecule has 0 spiro atoms. The molecule has 0 saturated heterocycles. The zero-order valence-electron chi connectivity index (χ0n) is 9.88. The van der Waals surface area contributed by atoms with E-state index in [1.54, 1.807) is 0 Å². The van der Waals surface area contributed by atoms with E-state index in [4.69, 9.17) is 4.74 Å². The van der Waals surface area contributed by atoms with E-state index in [1.807, 2.05) is 19.1 Å². The third-order valence-electron chi connectivity index (χ3n) is 3.37. The minimum Gasteiger partial charge on any atom is -0.461 e. The monoisotopic (exact) mass is 229 g/mol. The molecular formula is C14H15NO2. The average Bonchev–Trinajstić information content (AvgIpc) is 2.72. The number of rotatable bonds is 2. The maximum absolute atomic E-state index is 11.9. The highest BCUT2D eigenvalue weighted by Crippen LogP contribution is 2.32. The Morgan fingerprint density at radius 2 is 2.29 bits per heavy atom. The van der Waals surface area contributed by atoms with Crippen LogP contribution < -0.4 is 0 Å². The van der Waals surface area contributed by atoms with Crippen LogP contribution in [0.5, 0.6) is 0 Å². The van der Waals surface area contributed by atoms with E-state index in [2.05, 4.69) is 11.1 Å². The van der Waals surface area contributed by atoms with Crippen molar-refractivity contribution in [2.24, 2.45) is 0 Å². The quantitative estimate of drug-likeness (QED) is 0.804. The van der Waals surface area contributed by atoms with Crippen molar-refractivity contribution in [3.8, 4) is 0 Å². The Labute approximate surface area is 99.8 Å². The molecule has 0 unspecified atom stereocenters. The number of hydrogen-bond donors (Lipinski definition) is 1. The fourth-order valence-electron chi connectivity index (χ4n) is 2.69. The Balaban J connectivity index is 2.21. The van der Waals surface area contributed by atoms with E-state index in [0.717, 1.165) is 30.3 Å². The first kappa shape index (κ1) is 10.4. The molecule has 0 aliphatic heterocycles. The van der Waals surface area contributed by atoms with Crippen LogP contribution in [0.4, 0.5) is 0 Å². The largest absolute Gasteiger partial charge is 0.461 e. The number of benzene rings is 1. The van der Waals surface area contributed by atoms with Crippen molar-refractivity contribution in [3.63, 3.8) is 0 Å².